The maximum absolute atomic E-state index is 13.6. The van der Waals surface area contributed by atoms with Gasteiger partial charge in [-0.05, 0) is 30.9 Å². The number of anilines is 1. The van der Waals surface area contributed by atoms with E-state index in [4.69, 9.17) is 22.1 Å². The Hall–Kier alpha value is -3.38. The molecule has 2 N–H and O–H groups in total. The molecule has 0 spiro atoms. The SMILES string of the molecule is NC(=O)c1nc2c(n1Cc1ccccc1C(F)(F)F)CCN(c1cnn(C3CCCCO3)c(=O)c1Cl)C2. The molecular weight excluding hydrogens is 513 g/mol. The summed E-state index contributed by atoms with van der Waals surface area (Å²) in [5.41, 5.74) is 5.77. The van der Waals surface area contributed by atoms with E-state index in [2.05, 4.69) is 10.1 Å². The number of aromatic nitrogens is 4. The van der Waals surface area contributed by atoms with Crippen LogP contribution >= 0.6 is 11.6 Å². The molecule has 1 fully saturated rings. The van der Waals surface area contributed by atoms with E-state index in [0.29, 0.717) is 43.1 Å². The van der Waals surface area contributed by atoms with Crippen molar-refractivity contribution in [2.24, 2.45) is 5.73 Å². The summed E-state index contributed by atoms with van der Waals surface area (Å²) < 4.78 is 49.0. The second kappa shape index (κ2) is 9.82. The molecule has 1 amide bonds. The predicted molar refractivity (Wildman–Crippen MR) is 128 cm³/mol. The highest BCUT2D eigenvalue weighted by Crippen LogP contribution is 2.34. The Morgan fingerprint density at radius 3 is 2.73 bits per heavy atom. The maximum atomic E-state index is 13.6. The highest BCUT2D eigenvalue weighted by molar-refractivity contribution is 6.33. The first kappa shape index (κ1) is 25.3. The molecule has 1 unspecified atom stereocenters. The number of alkyl halides is 3. The minimum atomic E-state index is -4.55. The van der Waals surface area contributed by atoms with Crippen molar-refractivity contribution in [3.63, 3.8) is 0 Å². The average Bonchev–Trinajstić information content (AvgIpc) is 3.24. The Balaban J connectivity index is 1.46. The lowest BCUT2D eigenvalue weighted by Gasteiger charge is -2.30. The summed E-state index contributed by atoms with van der Waals surface area (Å²) >= 11 is 6.46. The molecule has 1 aromatic carbocycles. The van der Waals surface area contributed by atoms with Crippen LogP contribution in [0.15, 0.2) is 35.3 Å². The molecule has 4 heterocycles. The lowest BCUT2D eigenvalue weighted by molar-refractivity contribution is -0.138. The molecule has 196 valence electrons. The molecule has 3 aromatic rings. The fraction of sp³-hybridized carbons (Fsp3) is 0.417. The number of hydrogen-bond acceptors (Lipinski definition) is 6. The molecule has 0 aliphatic carbocycles. The standard InChI is InChI=1S/C24H24ClF3N6O3/c25-20-18(11-30-34(23(20)36)19-7-3-4-10-37-19)32-9-8-17-16(13-32)31-22(21(29)35)33(17)12-14-5-1-2-6-15(14)24(26,27)28/h1-2,5-6,11,19H,3-4,7-10,12-13H2,(H2,29,35). The number of hydrogen-bond donors (Lipinski definition) is 1. The maximum Gasteiger partial charge on any atom is 0.416 e. The number of carbonyl (C=O) groups is 1. The van der Waals surface area contributed by atoms with Crippen LogP contribution in [0.5, 0.6) is 0 Å². The van der Waals surface area contributed by atoms with Gasteiger partial charge < -0.3 is 19.9 Å². The van der Waals surface area contributed by atoms with Crippen LogP contribution in [0.4, 0.5) is 18.9 Å². The zero-order chi connectivity index (χ0) is 26.3. The van der Waals surface area contributed by atoms with Crippen LogP contribution in [-0.4, -0.2) is 38.4 Å². The van der Waals surface area contributed by atoms with Crippen LogP contribution in [0, 0.1) is 0 Å². The Morgan fingerprint density at radius 1 is 1.24 bits per heavy atom. The van der Waals surface area contributed by atoms with Gasteiger partial charge in [0.15, 0.2) is 12.1 Å². The Labute approximate surface area is 214 Å². The fourth-order valence-electron chi connectivity index (χ4n) is 4.89. The third-order valence-electron chi connectivity index (χ3n) is 6.68. The van der Waals surface area contributed by atoms with E-state index < -0.39 is 29.4 Å². The molecule has 5 rings (SSSR count). The summed E-state index contributed by atoms with van der Waals surface area (Å²) in [6, 6.07) is 5.19. The molecule has 0 saturated carbocycles. The molecular formula is C24H24ClF3N6O3. The number of benzene rings is 1. The van der Waals surface area contributed by atoms with Gasteiger partial charge in [0.05, 0.1) is 36.2 Å². The molecule has 2 aliphatic heterocycles. The monoisotopic (exact) mass is 536 g/mol. The number of nitrogens with zero attached hydrogens (tertiary/aromatic N) is 5. The van der Waals surface area contributed by atoms with E-state index >= 15 is 0 Å². The van der Waals surface area contributed by atoms with Gasteiger partial charge in [0.25, 0.3) is 11.5 Å². The minimum Gasteiger partial charge on any atom is -0.363 e. The summed E-state index contributed by atoms with van der Waals surface area (Å²) in [4.78, 5) is 31.3. The van der Waals surface area contributed by atoms with Gasteiger partial charge in [0.2, 0.25) is 0 Å². The molecule has 1 atom stereocenters. The van der Waals surface area contributed by atoms with Gasteiger partial charge in [-0.2, -0.15) is 23.0 Å². The summed E-state index contributed by atoms with van der Waals surface area (Å²) in [7, 11) is 0. The first-order chi connectivity index (χ1) is 17.6. The van der Waals surface area contributed by atoms with Crippen molar-refractivity contribution >= 4 is 23.2 Å². The predicted octanol–water partition coefficient (Wildman–Crippen LogP) is 3.52. The third kappa shape index (κ3) is 4.82. The third-order valence-corrected chi connectivity index (χ3v) is 7.04. The van der Waals surface area contributed by atoms with E-state index in [-0.39, 0.29) is 29.5 Å². The van der Waals surface area contributed by atoms with E-state index in [1.165, 1.54) is 33.6 Å². The number of imidazole rings is 1. The first-order valence-electron chi connectivity index (χ1n) is 11.8. The molecule has 13 heteroatoms. The normalized spacial score (nSPS) is 18.1. The zero-order valence-corrected chi connectivity index (χ0v) is 20.4. The van der Waals surface area contributed by atoms with Crippen LogP contribution in [0.1, 0.15) is 58.6 Å². The van der Waals surface area contributed by atoms with Crippen molar-refractivity contribution in [2.45, 2.75) is 51.2 Å². The molecule has 0 bridgehead atoms. The van der Waals surface area contributed by atoms with Gasteiger partial charge in [0, 0.05) is 25.3 Å². The molecule has 0 radical (unpaired) electrons. The van der Waals surface area contributed by atoms with E-state index in [1.807, 2.05) is 0 Å². The highest BCUT2D eigenvalue weighted by atomic mass is 35.5. The zero-order valence-electron chi connectivity index (χ0n) is 19.7. The van der Waals surface area contributed by atoms with Crippen LogP contribution in [0.3, 0.4) is 0 Å². The second-order valence-electron chi connectivity index (χ2n) is 9.02. The Bertz CT molecular complexity index is 1400. The summed E-state index contributed by atoms with van der Waals surface area (Å²) in [6.07, 6.45) is -0.657. The number of fused-ring (bicyclic) bond motifs is 1. The topological polar surface area (TPSA) is 108 Å². The van der Waals surface area contributed by atoms with Crippen LogP contribution < -0.4 is 16.2 Å². The second-order valence-corrected chi connectivity index (χ2v) is 9.40. The summed E-state index contributed by atoms with van der Waals surface area (Å²) in [5.74, 6) is -0.974. The number of primary amides is 1. The van der Waals surface area contributed by atoms with Gasteiger partial charge in [-0.25, -0.2) is 4.98 Å². The van der Waals surface area contributed by atoms with E-state index in [0.717, 1.165) is 18.9 Å². The van der Waals surface area contributed by atoms with Gasteiger partial charge in [-0.1, -0.05) is 29.8 Å². The van der Waals surface area contributed by atoms with Crippen molar-refractivity contribution in [3.05, 3.63) is 74.2 Å². The summed E-state index contributed by atoms with van der Waals surface area (Å²) in [5, 5.41) is 4.27. The van der Waals surface area contributed by atoms with Crippen molar-refractivity contribution in [3.8, 4) is 0 Å². The van der Waals surface area contributed by atoms with Crippen molar-refractivity contribution in [1.29, 1.82) is 0 Å². The van der Waals surface area contributed by atoms with Crippen molar-refractivity contribution in [2.75, 3.05) is 18.1 Å². The van der Waals surface area contributed by atoms with Gasteiger partial charge in [-0.15, -0.1) is 0 Å². The van der Waals surface area contributed by atoms with Crippen molar-refractivity contribution in [1.82, 2.24) is 19.3 Å². The van der Waals surface area contributed by atoms with Crippen LogP contribution in [0.25, 0.3) is 0 Å². The number of amides is 1. The average molecular weight is 537 g/mol. The summed E-state index contributed by atoms with van der Waals surface area (Å²) in [6.45, 7) is 0.887. The Kier molecular flexibility index (Phi) is 6.71. The molecule has 1 saturated heterocycles. The number of halogens is 4. The van der Waals surface area contributed by atoms with Gasteiger partial charge >= 0.3 is 6.18 Å². The lowest BCUT2D eigenvalue weighted by atomic mass is 10.1. The first-order valence-corrected chi connectivity index (χ1v) is 12.2. The highest BCUT2D eigenvalue weighted by Gasteiger charge is 2.34. The van der Waals surface area contributed by atoms with Gasteiger partial charge in [0.1, 0.15) is 5.02 Å². The van der Waals surface area contributed by atoms with Crippen LogP contribution in [-0.2, 0) is 30.4 Å². The Morgan fingerprint density at radius 2 is 2.03 bits per heavy atom. The van der Waals surface area contributed by atoms with Crippen LogP contribution in [0.2, 0.25) is 5.02 Å². The van der Waals surface area contributed by atoms with E-state index in [1.54, 1.807) is 4.90 Å². The number of carbonyl (C=O) groups excluding carboxylic acids is 1. The number of nitrogens with two attached hydrogens (primary N) is 1. The largest absolute Gasteiger partial charge is 0.416 e. The number of ether oxygens (including phenoxy) is 1. The number of rotatable bonds is 5. The molecule has 2 aliphatic rings. The lowest BCUT2D eigenvalue weighted by Crippen LogP contribution is -2.36. The fourth-order valence-corrected chi connectivity index (χ4v) is 5.15. The molecule has 2 aromatic heterocycles. The quantitative estimate of drug-likeness (QED) is 0.534. The van der Waals surface area contributed by atoms with Crippen molar-refractivity contribution < 1.29 is 22.7 Å². The van der Waals surface area contributed by atoms with Gasteiger partial charge in [-0.3, -0.25) is 9.59 Å². The van der Waals surface area contributed by atoms with E-state index in [9.17, 15) is 22.8 Å². The molecule has 9 nitrogen and oxygen atoms in total. The molecule has 37 heavy (non-hydrogen) atoms. The minimum absolute atomic E-state index is 0.000848. The smallest absolute Gasteiger partial charge is 0.363 e.